The van der Waals surface area contributed by atoms with Crippen LogP contribution in [0.4, 0.5) is 13.2 Å². The molecule has 1 fully saturated rings. The smallest absolute Gasteiger partial charge is 0.387 e. The number of hydrogen-bond acceptors (Lipinski definition) is 5. The Morgan fingerprint density at radius 3 is 2.12 bits per heavy atom. The van der Waals surface area contributed by atoms with Crippen LogP contribution in [0.5, 0.6) is 0 Å². The van der Waals surface area contributed by atoms with E-state index in [4.69, 9.17) is 4.74 Å². The van der Waals surface area contributed by atoms with Gasteiger partial charge in [-0.05, 0) is 43.4 Å². The molecule has 0 radical (unpaired) electrons. The van der Waals surface area contributed by atoms with Crippen molar-refractivity contribution in [3.63, 3.8) is 0 Å². The van der Waals surface area contributed by atoms with Gasteiger partial charge in [-0.15, -0.1) is 11.8 Å². The summed E-state index contributed by atoms with van der Waals surface area (Å²) < 4.78 is 71.5. The molecule has 41 heavy (non-hydrogen) atoms. The van der Waals surface area contributed by atoms with Gasteiger partial charge in [0.1, 0.15) is 5.76 Å². The van der Waals surface area contributed by atoms with E-state index < -0.39 is 27.8 Å². The van der Waals surface area contributed by atoms with Crippen LogP contribution in [0.1, 0.15) is 62.0 Å². The maximum absolute atomic E-state index is 12.7. The number of benzene rings is 3. The lowest BCUT2D eigenvalue weighted by Crippen LogP contribution is -2.25. The zero-order valence-corrected chi connectivity index (χ0v) is 23.7. The fraction of sp³-hybridized carbons (Fsp3) is 0.312. The van der Waals surface area contributed by atoms with E-state index in [0.29, 0.717) is 24.8 Å². The highest BCUT2D eigenvalue weighted by Crippen LogP contribution is 2.41. The summed E-state index contributed by atoms with van der Waals surface area (Å²) in [4.78, 5) is 0. The Morgan fingerprint density at radius 1 is 1.00 bits per heavy atom. The highest BCUT2D eigenvalue weighted by molar-refractivity contribution is 7.87. The highest BCUT2D eigenvalue weighted by atomic mass is 32.2. The minimum Gasteiger partial charge on any atom is -0.387 e. The van der Waals surface area contributed by atoms with Gasteiger partial charge in [0.15, 0.2) is 0 Å². The quantitative estimate of drug-likeness (QED) is 0.129. The van der Waals surface area contributed by atoms with Crippen molar-refractivity contribution in [2.45, 2.75) is 63.4 Å². The molecule has 3 aromatic rings. The van der Waals surface area contributed by atoms with Crippen LogP contribution in [0, 0.1) is 11.8 Å². The lowest BCUT2D eigenvalue weighted by molar-refractivity contribution is -0.0523. The molecule has 1 saturated heterocycles. The lowest BCUT2D eigenvalue weighted by atomic mass is 9.98. The number of allylic oxidation sites excluding steroid dienone is 1. The lowest BCUT2D eigenvalue weighted by Gasteiger charge is -2.16. The van der Waals surface area contributed by atoms with Gasteiger partial charge in [-0.1, -0.05) is 91.0 Å². The first kappa shape index (κ1) is 31.9. The summed E-state index contributed by atoms with van der Waals surface area (Å²) in [5.41, 5.74) is -2.19. The van der Waals surface area contributed by atoms with Crippen molar-refractivity contribution in [1.82, 2.24) is 0 Å². The molecule has 4 rings (SSSR count). The van der Waals surface area contributed by atoms with Crippen LogP contribution in [0.2, 0.25) is 0 Å². The van der Waals surface area contributed by atoms with E-state index in [9.17, 15) is 26.7 Å². The topological polar surface area (TPSA) is 72.8 Å². The molecule has 0 spiro atoms. The largest absolute Gasteiger partial charge is 0.534 e. The number of halogens is 3. The number of aryl methyl sites for hydroxylation is 1. The van der Waals surface area contributed by atoms with Crippen molar-refractivity contribution in [3.8, 4) is 11.8 Å². The summed E-state index contributed by atoms with van der Waals surface area (Å²) >= 11 is 0. The van der Waals surface area contributed by atoms with Crippen molar-refractivity contribution in [3.05, 3.63) is 119 Å². The van der Waals surface area contributed by atoms with Crippen molar-refractivity contribution in [2.24, 2.45) is 0 Å². The minimum absolute atomic E-state index is 0.267. The first-order valence-corrected chi connectivity index (χ1v) is 14.5. The highest BCUT2D eigenvalue weighted by Gasteiger charge is 2.49. The number of rotatable bonds is 8. The maximum Gasteiger partial charge on any atom is 0.534 e. The van der Waals surface area contributed by atoms with E-state index in [2.05, 4.69) is 16.0 Å². The first-order chi connectivity index (χ1) is 19.5. The molecule has 1 aliphatic rings. The van der Waals surface area contributed by atoms with Gasteiger partial charge in [0.2, 0.25) is 0 Å². The van der Waals surface area contributed by atoms with E-state index in [1.807, 2.05) is 91.0 Å². The molecule has 5 nitrogen and oxygen atoms in total. The van der Waals surface area contributed by atoms with Crippen molar-refractivity contribution >= 4 is 10.1 Å². The molecule has 0 aromatic heterocycles. The molecular weight excluding hydrogens is 553 g/mol. The van der Waals surface area contributed by atoms with Gasteiger partial charge in [0.05, 0.1) is 18.3 Å². The van der Waals surface area contributed by atoms with Gasteiger partial charge in [-0.25, -0.2) is 0 Å². The third-order valence-electron chi connectivity index (χ3n) is 6.46. The molecule has 0 bridgehead atoms. The van der Waals surface area contributed by atoms with Crippen LogP contribution >= 0.6 is 0 Å². The number of alkyl halides is 3. The summed E-state index contributed by atoms with van der Waals surface area (Å²) in [5, 5.41) is 9.55. The Hall–Kier alpha value is -3.58. The third kappa shape index (κ3) is 9.49. The number of aliphatic hydroxyl groups is 1. The average molecular weight is 587 g/mol. The fourth-order valence-electron chi connectivity index (χ4n) is 4.34. The van der Waals surface area contributed by atoms with E-state index in [1.165, 1.54) is 6.92 Å². The van der Waals surface area contributed by atoms with Crippen molar-refractivity contribution in [2.75, 3.05) is 0 Å². The average Bonchev–Trinajstić information content (AvgIpc) is 3.40. The Labute approximate surface area is 239 Å². The van der Waals surface area contributed by atoms with E-state index in [1.54, 1.807) is 6.92 Å². The van der Waals surface area contributed by atoms with E-state index in [0.717, 1.165) is 16.7 Å². The fourth-order valence-corrected chi connectivity index (χ4v) is 4.87. The molecule has 0 aliphatic carbocycles. The van der Waals surface area contributed by atoms with Crippen LogP contribution in [-0.2, 0) is 25.5 Å². The van der Waals surface area contributed by atoms with E-state index in [-0.39, 0.29) is 18.3 Å². The van der Waals surface area contributed by atoms with Crippen LogP contribution in [-0.4, -0.2) is 25.1 Å². The second-order valence-corrected chi connectivity index (χ2v) is 10.9. The SMILES string of the molecule is C/C(OS(=O)(=O)C(F)(F)F)=C1/C[C@@H](c2ccccc2)O[C@H]1CCc1ccccc1.CC#CCC(O)c1ccccc1. The van der Waals surface area contributed by atoms with Crippen LogP contribution in [0.3, 0.4) is 0 Å². The van der Waals surface area contributed by atoms with Gasteiger partial charge in [-0.2, -0.15) is 21.6 Å². The normalized spacial score (nSPS) is 18.8. The molecule has 1 heterocycles. The molecule has 1 unspecified atom stereocenters. The Balaban J connectivity index is 0.000000322. The van der Waals surface area contributed by atoms with Crippen LogP contribution < -0.4 is 0 Å². The van der Waals surface area contributed by atoms with Gasteiger partial charge in [0, 0.05) is 18.4 Å². The van der Waals surface area contributed by atoms with Gasteiger partial charge in [0.25, 0.3) is 0 Å². The number of aliphatic hydroxyl groups excluding tert-OH is 1. The monoisotopic (exact) mass is 586 g/mol. The Morgan fingerprint density at radius 2 is 1.56 bits per heavy atom. The Kier molecular flexibility index (Phi) is 11.6. The second-order valence-electron chi connectivity index (χ2n) is 9.37. The molecule has 9 heteroatoms. The Bertz CT molecular complexity index is 1430. The predicted octanol–water partition coefficient (Wildman–Crippen LogP) is 7.42. The summed E-state index contributed by atoms with van der Waals surface area (Å²) in [6, 6.07) is 28.4. The molecular formula is C32H33F3O5S. The molecule has 1 aliphatic heterocycles. The predicted molar refractivity (Wildman–Crippen MR) is 152 cm³/mol. The van der Waals surface area contributed by atoms with Gasteiger partial charge < -0.3 is 14.0 Å². The number of ether oxygens (including phenoxy) is 1. The van der Waals surface area contributed by atoms with Crippen molar-refractivity contribution in [1.29, 1.82) is 0 Å². The first-order valence-electron chi connectivity index (χ1n) is 13.1. The zero-order chi connectivity index (χ0) is 29.9. The maximum atomic E-state index is 12.7. The molecule has 0 amide bonds. The van der Waals surface area contributed by atoms with Crippen molar-refractivity contribution < 1.29 is 35.6 Å². The molecule has 0 saturated carbocycles. The standard InChI is InChI=1S/C21H21F3O4S.C11H12O/c1-15(28-29(25,26)21(22,23)24)18-14-20(17-10-6-3-7-11-17)27-19(18)13-12-16-8-4-2-5-9-16;1-2-3-9-11(12)10-7-5-4-6-8-10/h2-11,19-20H,12-14H2,1H3;4-8,11-12H,9H2,1H3/b18-15+;/t19-,20-;/m0./s1. The second kappa shape index (κ2) is 14.9. The van der Waals surface area contributed by atoms with Crippen LogP contribution in [0.25, 0.3) is 0 Å². The van der Waals surface area contributed by atoms with Gasteiger partial charge >= 0.3 is 15.6 Å². The molecule has 3 atom stereocenters. The van der Waals surface area contributed by atoms with Gasteiger partial charge in [-0.3, -0.25) is 0 Å². The summed E-state index contributed by atoms with van der Waals surface area (Å²) in [6.45, 7) is 3.02. The molecule has 3 aromatic carbocycles. The minimum atomic E-state index is -5.72. The summed E-state index contributed by atoms with van der Waals surface area (Å²) in [5.74, 6) is 5.33. The molecule has 218 valence electrons. The summed E-state index contributed by atoms with van der Waals surface area (Å²) in [6.07, 6.45) is 0.552. The zero-order valence-electron chi connectivity index (χ0n) is 22.8. The number of hydrogen-bond donors (Lipinski definition) is 1. The third-order valence-corrected chi connectivity index (χ3v) is 7.50. The van der Waals surface area contributed by atoms with Crippen LogP contribution in [0.15, 0.2) is 102 Å². The molecule has 1 N–H and O–H groups in total. The summed E-state index contributed by atoms with van der Waals surface area (Å²) in [7, 11) is -5.72. The van der Waals surface area contributed by atoms with E-state index >= 15 is 0 Å².